The van der Waals surface area contributed by atoms with Gasteiger partial charge in [0.1, 0.15) is 6.26 Å². The van der Waals surface area contributed by atoms with Crippen molar-refractivity contribution in [3.05, 3.63) is 65.6 Å². The first kappa shape index (κ1) is 15.4. The van der Waals surface area contributed by atoms with Crippen LogP contribution in [-0.2, 0) is 25.9 Å². The first-order chi connectivity index (χ1) is 12.2. The highest BCUT2D eigenvalue weighted by Crippen LogP contribution is 2.23. The minimum atomic E-state index is -1.09. The van der Waals surface area contributed by atoms with Crippen molar-refractivity contribution in [3.63, 3.8) is 0 Å². The van der Waals surface area contributed by atoms with Gasteiger partial charge < -0.3 is 19.0 Å². The fourth-order valence-electron chi connectivity index (χ4n) is 3.13. The second-order valence-electron chi connectivity index (χ2n) is 6.06. The summed E-state index contributed by atoms with van der Waals surface area (Å²) in [7, 11) is 0. The van der Waals surface area contributed by atoms with Gasteiger partial charge in [0.2, 0.25) is 0 Å². The summed E-state index contributed by atoms with van der Waals surface area (Å²) < 4.78 is 7.50. The number of aromatic nitrogens is 3. The van der Waals surface area contributed by atoms with E-state index in [1.165, 1.54) is 17.5 Å². The van der Waals surface area contributed by atoms with Crippen LogP contribution in [0, 0.1) is 0 Å². The number of nitrogens with zero attached hydrogens (tertiary/aromatic N) is 4. The summed E-state index contributed by atoms with van der Waals surface area (Å²) in [5.41, 5.74) is 3.46. The summed E-state index contributed by atoms with van der Waals surface area (Å²) in [6, 6.07) is 10.7. The molecule has 0 aliphatic carbocycles. The number of anilines is 1. The maximum atomic E-state index is 10.9. The Balaban J connectivity index is 1.45. The summed E-state index contributed by atoms with van der Waals surface area (Å²) in [5, 5.41) is 8.95. The standard InChI is InChI=1S/C18H18N4O3/c23-17(24)15-11-25-18(20-15)21-9-7-16-14(10-21)19-12-22(16)8-6-13-4-2-1-3-5-13/h1-5,11-12H,6-10H2,(H,23,24). The number of aryl methyl sites for hydroxylation is 2. The van der Waals surface area contributed by atoms with E-state index in [0.29, 0.717) is 12.6 Å². The van der Waals surface area contributed by atoms with Crippen molar-refractivity contribution in [2.24, 2.45) is 0 Å². The second kappa shape index (κ2) is 6.43. The molecule has 4 rings (SSSR count). The first-order valence-corrected chi connectivity index (χ1v) is 8.21. The largest absolute Gasteiger partial charge is 0.476 e. The lowest BCUT2D eigenvalue weighted by Crippen LogP contribution is -2.31. The van der Waals surface area contributed by atoms with Crippen LogP contribution in [0.2, 0.25) is 0 Å². The molecule has 0 saturated carbocycles. The van der Waals surface area contributed by atoms with Crippen LogP contribution in [-0.4, -0.2) is 32.2 Å². The van der Waals surface area contributed by atoms with Gasteiger partial charge in [-0.25, -0.2) is 9.78 Å². The van der Waals surface area contributed by atoms with Crippen molar-refractivity contribution in [1.82, 2.24) is 14.5 Å². The number of hydrogen-bond acceptors (Lipinski definition) is 5. The van der Waals surface area contributed by atoms with Gasteiger partial charge in [-0.2, -0.15) is 4.98 Å². The third kappa shape index (κ3) is 3.13. The van der Waals surface area contributed by atoms with Crippen LogP contribution < -0.4 is 4.90 Å². The number of aromatic carboxylic acids is 1. The Morgan fingerprint density at radius 2 is 2.12 bits per heavy atom. The molecule has 3 aromatic rings. The predicted molar refractivity (Wildman–Crippen MR) is 90.6 cm³/mol. The average Bonchev–Trinajstić information content (AvgIpc) is 3.28. The monoisotopic (exact) mass is 338 g/mol. The predicted octanol–water partition coefficient (Wildman–Crippen LogP) is 2.37. The summed E-state index contributed by atoms with van der Waals surface area (Å²) in [5.74, 6) is -1.09. The summed E-state index contributed by atoms with van der Waals surface area (Å²) in [4.78, 5) is 21.4. The number of rotatable bonds is 5. The zero-order chi connectivity index (χ0) is 17.2. The van der Waals surface area contributed by atoms with E-state index in [0.717, 1.165) is 31.6 Å². The third-order valence-corrected chi connectivity index (χ3v) is 4.46. The maximum absolute atomic E-state index is 10.9. The van der Waals surface area contributed by atoms with Gasteiger partial charge in [-0.1, -0.05) is 30.3 Å². The number of benzene rings is 1. The number of oxazole rings is 1. The Morgan fingerprint density at radius 1 is 1.28 bits per heavy atom. The Labute approximate surface area is 144 Å². The van der Waals surface area contributed by atoms with Gasteiger partial charge in [0.25, 0.3) is 6.01 Å². The van der Waals surface area contributed by atoms with E-state index in [1.807, 2.05) is 17.3 Å². The molecule has 0 spiro atoms. The minimum absolute atomic E-state index is 0.0748. The van der Waals surface area contributed by atoms with Gasteiger partial charge in [-0.15, -0.1) is 0 Å². The molecule has 1 aliphatic rings. The molecule has 0 saturated heterocycles. The highest BCUT2D eigenvalue weighted by atomic mass is 16.4. The van der Waals surface area contributed by atoms with Gasteiger partial charge in [-0.05, 0) is 12.0 Å². The molecule has 7 nitrogen and oxygen atoms in total. The minimum Gasteiger partial charge on any atom is -0.476 e. The number of fused-ring (bicyclic) bond motifs is 1. The molecule has 128 valence electrons. The highest BCUT2D eigenvalue weighted by molar-refractivity contribution is 5.85. The van der Waals surface area contributed by atoms with Crippen LogP contribution in [0.1, 0.15) is 27.4 Å². The molecule has 2 aromatic heterocycles. The van der Waals surface area contributed by atoms with Crippen molar-refractivity contribution < 1.29 is 14.3 Å². The van der Waals surface area contributed by atoms with Crippen LogP contribution in [0.3, 0.4) is 0 Å². The Kier molecular flexibility index (Phi) is 3.97. The van der Waals surface area contributed by atoms with Crippen LogP contribution in [0.15, 0.2) is 47.3 Å². The van der Waals surface area contributed by atoms with E-state index in [9.17, 15) is 4.79 Å². The lowest BCUT2D eigenvalue weighted by Gasteiger charge is -2.25. The van der Waals surface area contributed by atoms with E-state index in [-0.39, 0.29) is 5.69 Å². The normalized spacial score (nSPS) is 13.7. The molecule has 7 heteroatoms. The van der Waals surface area contributed by atoms with Gasteiger partial charge in [0.05, 0.1) is 18.6 Å². The smallest absolute Gasteiger partial charge is 0.357 e. The van der Waals surface area contributed by atoms with Crippen molar-refractivity contribution in [2.75, 3.05) is 11.4 Å². The molecule has 3 heterocycles. The van der Waals surface area contributed by atoms with Gasteiger partial charge in [0.15, 0.2) is 5.69 Å². The number of carboxylic acid groups (broad SMARTS) is 1. The highest BCUT2D eigenvalue weighted by Gasteiger charge is 2.24. The van der Waals surface area contributed by atoms with E-state index >= 15 is 0 Å². The molecular formula is C18H18N4O3. The molecule has 0 unspecified atom stereocenters. The fourth-order valence-corrected chi connectivity index (χ4v) is 3.13. The quantitative estimate of drug-likeness (QED) is 0.769. The maximum Gasteiger partial charge on any atom is 0.357 e. The SMILES string of the molecule is O=C(O)c1coc(N2CCc3c(ncn3CCc3ccccc3)C2)n1. The van der Waals surface area contributed by atoms with Gasteiger partial charge in [-0.3, -0.25) is 0 Å². The number of carboxylic acids is 1. The summed E-state index contributed by atoms with van der Waals surface area (Å²) >= 11 is 0. The lowest BCUT2D eigenvalue weighted by atomic mass is 10.1. The molecule has 0 amide bonds. The Bertz CT molecular complexity index is 885. The molecule has 0 fully saturated rings. The Hall–Kier alpha value is -3.09. The van der Waals surface area contributed by atoms with E-state index in [1.54, 1.807) is 0 Å². The van der Waals surface area contributed by atoms with Crippen LogP contribution in [0.25, 0.3) is 0 Å². The molecule has 1 aliphatic heterocycles. The van der Waals surface area contributed by atoms with E-state index in [2.05, 4.69) is 38.8 Å². The zero-order valence-corrected chi connectivity index (χ0v) is 13.6. The van der Waals surface area contributed by atoms with E-state index < -0.39 is 5.97 Å². The molecule has 1 N–H and O–H groups in total. The number of carbonyl (C=O) groups is 1. The van der Waals surface area contributed by atoms with Crippen molar-refractivity contribution in [2.45, 2.75) is 25.9 Å². The zero-order valence-electron chi connectivity index (χ0n) is 13.6. The molecule has 0 radical (unpaired) electrons. The Morgan fingerprint density at radius 3 is 2.88 bits per heavy atom. The molecular weight excluding hydrogens is 320 g/mol. The molecule has 0 bridgehead atoms. The van der Waals surface area contributed by atoms with Crippen molar-refractivity contribution >= 4 is 12.0 Å². The molecule has 1 aromatic carbocycles. The molecule has 25 heavy (non-hydrogen) atoms. The van der Waals surface area contributed by atoms with E-state index in [4.69, 9.17) is 9.52 Å². The molecule has 0 atom stereocenters. The topological polar surface area (TPSA) is 84.4 Å². The number of imidazole rings is 1. The number of hydrogen-bond donors (Lipinski definition) is 1. The van der Waals surface area contributed by atoms with Crippen LogP contribution >= 0.6 is 0 Å². The lowest BCUT2D eigenvalue weighted by molar-refractivity contribution is 0.0690. The van der Waals surface area contributed by atoms with Gasteiger partial charge >= 0.3 is 5.97 Å². The van der Waals surface area contributed by atoms with Crippen LogP contribution in [0.4, 0.5) is 6.01 Å². The van der Waals surface area contributed by atoms with Crippen LogP contribution in [0.5, 0.6) is 0 Å². The van der Waals surface area contributed by atoms with Crippen molar-refractivity contribution in [1.29, 1.82) is 0 Å². The third-order valence-electron chi connectivity index (χ3n) is 4.46. The second-order valence-corrected chi connectivity index (χ2v) is 6.06. The average molecular weight is 338 g/mol. The summed E-state index contributed by atoms with van der Waals surface area (Å²) in [6.07, 6.45) is 4.85. The van der Waals surface area contributed by atoms with Gasteiger partial charge in [0, 0.05) is 25.2 Å². The fraction of sp³-hybridized carbons (Fsp3) is 0.278. The first-order valence-electron chi connectivity index (χ1n) is 8.21. The van der Waals surface area contributed by atoms with Crippen molar-refractivity contribution in [3.8, 4) is 0 Å². The summed E-state index contributed by atoms with van der Waals surface area (Å²) in [6.45, 7) is 2.20.